The zero-order chi connectivity index (χ0) is 15.3. The van der Waals surface area contributed by atoms with Gasteiger partial charge in [0, 0.05) is 25.2 Å². The molecular formula is C19H32N2. The molecule has 1 fully saturated rings. The SMILES string of the molecule is CCC1(CC)CCN(C(CNC(C)C)c2ccccc2)C1. The van der Waals surface area contributed by atoms with E-state index in [9.17, 15) is 0 Å². The van der Waals surface area contributed by atoms with Crippen LogP contribution in [-0.4, -0.2) is 30.6 Å². The van der Waals surface area contributed by atoms with Gasteiger partial charge >= 0.3 is 0 Å². The quantitative estimate of drug-likeness (QED) is 0.807. The molecule has 1 N–H and O–H groups in total. The molecule has 0 spiro atoms. The molecule has 1 aromatic rings. The molecule has 0 aromatic heterocycles. The van der Waals surface area contributed by atoms with E-state index in [0.717, 1.165) is 6.54 Å². The fourth-order valence-corrected chi connectivity index (χ4v) is 3.54. The summed E-state index contributed by atoms with van der Waals surface area (Å²) in [7, 11) is 0. The van der Waals surface area contributed by atoms with E-state index in [-0.39, 0.29) is 0 Å². The maximum absolute atomic E-state index is 3.64. The Morgan fingerprint density at radius 1 is 1.14 bits per heavy atom. The summed E-state index contributed by atoms with van der Waals surface area (Å²) in [5.74, 6) is 0. The van der Waals surface area contributed by atoms with Crippen LogP contribution >= 0.6 is 0 Å². The third-order valence-corrected chi connectivity index (χ3v) is 5.31. The predicted molar refractivity (Wildman–Crippen MR) is 91.5 cm³/mol. The van der Waals surface area contributed by atoms with Crippen molar-refractivity contribution >= 4 is 0 Å². The minimum atomic E-state index is 0.508. The van der Waals surface area contributed by atoms with Gasteiger partial charge in [0.05, 0.1) is 0 Å². The van der Waals surface area contributed by atoms with Crippen molar-refractivity contribution in [2.75, 3.05) is 19.6 Å². The van der Waals surface area contributed by atoms with Crippen LogP contribution in [0.15, 0.2) is 30.3 Å². The highest BCUT2D eigenvalue weighted by molar-refractivity contribution is 5.20. The van der Waals surface area contributed by atoms with Gasteiger partial charge in [0.25, 0.3) is 0 Å². The summed E-state index contributed by atoms with van der Waals surface area (Å²) in [6.45, 7) is 12.7. The summed E-state index contributed by atoms with van der Waals surface area (Å²) in [4.78, 5) is 2.71. The Labute approximate surface area is 130 Å². The van der Waals surface area contributed by atoms with Crippen molar-refractivity contribution < 1.29 is 0 Å². The first kappa shape index (κ1) is 16.5. The molecule has 0 saturated carbocycles. The summed E-state index contributed by atoms with van der Waals surface area (Å²) in [6.07, 6.45) is 3.96. The van der Waals surface area contributed by atoms with E-state index in [1.807, 2.05) is 0 Å². The number of hydrogen-bond acceptors (Lipinski definition) is 2. The Balaban J connectivity index is 2.13. The minimum Gasteiger partial charge on any atom is -0.313 e. The van der Waals surface area contributed by atoms with Gasteiger partial charge in [0.15, 0.2) is 0 Å². The highest BCUT2D eigenvalue weighted by Crippen LogP contribution is 2.40. The standard InChI is InChI=1S/C19H32N2/c1-5-19(6-2)12-13-21(15-19)18(14-20-16(3)4)17-10-8-7-9-11-17/h7-11,16,18,20H,5-6,12-15H2,1-4H3. The van der Waals surface area contributed by atoms with Crippen LogP contribution in [-0.2, 0) is 0 Å². The van der Waals surface area contributed by atoms with Crippen molar-refractivity contribution in [2.24, 2.45) is 5.41 Å². The topological polar surface area (TPSA) is 15.3 Å². The number of benzene rings is 1. The van der Waals surface area contributed by atoms with E-state index in [1.54, 1.807) is 0 Å². The van der Waals surface area contributed by atoms with E-state index < -0.39 is 0 Å². The zero-order valence-electron chi connectivity index (χ0n) is 14.2. The molecule has 1 saturated heterocycles. The first-order chi connectivity index (χ1) is 10.1. The van der Waals surface area contributed by atoms with Crippen LogP contribution in [0.2, 0.25) is 0 Å². The molecule has 1 unspecified atom stereocenters. The van der Waals surface area contributed by atoms with Crippen molar-refractivity contribution in [1.29, 1.82) is 0 Å². The second-order valence-electron chi connectivity index (χ2n) is 6.92. The number of likely N-dealkylation sites (tertiary alicyclic amines) is 1. The van der Waals surface area contributed by atoms with Crippen molar-refractivity contribution in [2.45, 2.75) is 59.0 Å². The smallest absolute Gasteiger partial charge is 0.0472 e. The molecule has 1 aromatic carbocycles. The van der Waals surface area contributed by atoms with Gasteiger partial charge in [-0.15, -0.1) is 0 Å². The summed E-state index contributed by atoms with van der Waals surface area (Å²) >= 11 is 0. The fourth-order valence-electron chi connectivity index (χ4n) is 3.54. The third kappa shape index (κ3) is 4.08. The Kier molecular flexibility index (Phi) is 5.83. The number of nitrogens with one attached hydrogen (secondary N) is 1. The lowest BCUT2D eigenvalue weighted by Gasteiger charge is -2.32. The van der Waals surface area contributed by atoms with Crippen LogP contribution in [0.3, 0.4) is 0 Å². The van der Waals surface area contributed by atoms with Gasteiger partial charge < -0.3 is 5.32 Å². The first-order valence-corrected chi connectivity index (χ1v) is 8.62. The lowest BCUT2D eigenvalue weighted by molar-refractivity contribution is 0.189. The molecule has 21 heavy (non-hydrogen) atoms. The minimum absolute atomic E-state index is 0.508. The Hall–Kier alpha value is -0.860. The number of nitrogens with zero attached hydrogens (tertiary/aromatic N) is 1. The molecule has 1 heterocycles. The van der Waals surface area contributed by atoms with Gasteiger partial charge in [-0.2, -0.15) is 0 Å². The van der Waals surface area contributed by atoms with Crippen molar-refractivity contribution in [3.05, 3.63) is 35.9 Å². The molecular weight excluding hydrogens is 256 g/mol. The van der Waals surface area contributed by atoms with Crippen LogP contribution in [0.4, 0.5) is 0 Å². The average molecular weight is 288 g/mol. The van der Waals surface area contributed by atoms with Crippen molar-refractivity contribution in [3.8, 4) is 0 Å². The predicted octanol–water partition coefficient (Wildman–Crippen LogP) is 4.24. The average Bonchev–Trinajstić information content (AvgIpc) is 2.93. The van der Waals surface area contributed by atoms with Gasteiger partial charge in [-0.25, -0.2) is 0 Å². The van der Waals surface area contributed by atoms with E-state index >= 15 is 0 Å². The van der Waals surface area contributed by atoms with Gasteiger partial charge in [-0.3, -0.25) is 4.90 Å². The van der Waals surface area contributed by atoms with Crippen molar-refractivity contribution in [1.82, 2.24) is 10.2 Å². The van der Waals surface area contributed by atoms with Crippen LogP contribution in [0.1, 0.15) is 58.6 Å². The monoisotopic (exact) mass is 288 g/mol. The highest BCUT2D eigenvalue weighted by atomic mass is 15.2. The second-order valence-corrected chi connectivity index (χ2v) is 6.92. The van der Waals surface area contributed by atoms with Crippen LogP contribution in [0.25, 0.3) is 0 Å². The first-order valence-electron chi connectivity index (χ1n) is 8.62. The van der Waals surface area contributed by atoms with Gasteiger partial charge in [0.2, 0.25) is 0 Å². The van der Waals surface area contributed by atoms with Crippen LogP contribution < -0.4 is 5.32 Å². The molecule has 0 radical (unpaired) electrons. The normalized spacial score (nSPS) is 20.0. The molecule has 0 amide bonds. The Morgan fingerprint density at radius 2 is 1.81 bits per heavy atom. The van der Waals surface area contributed by atoms with E-state index in [4.69, 9.17) is 0 Å². The Bertz CT molecular complexity index is 409. The van der Waals surface area contributed by atoms with Gasteiger partial charge in [-0.1, -0.05) is 58.0 Å². The molecule has 0 bridgehead atoms. The van der Waals surface area contributed by atoms with Gasteiger partial charge in [0.1, 0.15) is 0 Å². The van der Waals surface area contributed by atoms with Crippen LogP contribution in [0.5, 0.6) is 0 Å². The Morgan fingerprint density at radius 3 is 2.33 bits per heavy atom. The lowest BCUT2D eigenvalue weighted by Crippen LogP contribution is -2.38. The lowest BCUT2D eigenvalue weighted by atomic mass is 9.82. The fraction of sp³-hybridized carbons (Fsp3) is 0.684. The number of hydrogen-bond donors (Lipinski definition) is 1. The molecule has 1 aliphatic rings. The molecule has 2 nitrogen and oxygen atoms in total. The van der Waals surface area contributed by atoms with E-state index in [2.05, 4.69) is 68.2 Å². The maximum atomic E-state index is 3.64. The van der Waals surface area contributed by atoms with E-state index in [1.165, 1.54) is 37.9 Å². The van der Waals surface area contributed by atoms with E-state index in [0.29, 0.717) is 17.5 Å². The zero-order valence-corrected chi connectivity index (χ0v) is 14.2. The molecule has 2 heteroatoms. The summed E-state index contributed by atoms with van der Waals surface area (Å²) in [5.41, 5.74) is 2.00. The molecule has 1 atom stereocenters. The summed E-state index contributed by atoms with van der Waals surface area (Å²) in [6, 6.07) is 12.1. The summed E-state index contributed by atoms with van der Waals surface area (Å²) < 4.78 is 0. The molecule has 1 aliphatic heterocycles. The summed E-state index contributed by atoms with van der Waals surface area (Å²) in [5, 5.41) is 3.64. The molecule has 0 aliphatic carbocycles. The largest absolute Gasteiger partial charge is 0.313 e. The van der Waals surface area contributed by atoms with Crippen molar-refractivity contribution in [3.63, 3.8) is 0 Å². The van der Waals surface area contributed by atoms with Gasteiger partial charge in [-0.05, 0) is 36.8 Å². The highest BCUT2D eigenvalue weighted by Gasteiger charge is 2.37. The molecule has 2 rings (SSSR count). The maximum Gasteiger partial charge on any atom is 0.0472 e. The second kappa shape index (κ2) is 7.42. The third-order valence-electron chi connectivity index (χ3n) is 5.31. The molecule has 118 valence electrons. The van der Waals surface area contributed by atoms with Crippen LogP contribution in [0, 0.1) is 5.41 Å². The number of rotatable bonds is 7.